The van der Waals surface area contributed by atoms with E-state index in [0.717, 1.165) is 12.2 Å². The Labute approximate surface area is 208 Å². The maximum atomic E-state index is 10.8. The molecule has 0 saturated heterocycles. The van der Waals surface area contributed by atoms with E-state index in [-0.39, 0.29) is 13.2 Å². The van der Waals surface area contributed by atoms with Crippen LogP contribution < -0.4 is 28.4 Å². The van der Waals surface area contributed by atoms with Gasteiger partial charge in [-0.15, -0.1) is 0 Å². The first-order chi connectivity index (χ1) is 17.3. The second-order valence-corrected chi connectivity index (χ2v) is 6.95. The van der Waals surface area contributed by atoms with Crippen LogP contribution in [0.3, 0.4) is 0 Å². The summed E-state index contributed by atoms with van der Waals surface area (Å²) in [5.74, 6) is 0.138. The molecule has 0 bridgehead atoms. The lowest BCUT2D eigenvalue weighted by molar-refractivity contribution is -0.132. The van der Waals surface area contributed by atoms with Gasteiger partial charge in [0, 0.05) is 12.2 Å². The van der Waals surface area contributed by atoms with Crippen LogP contribution in [-0.4, -0.2) is 63.8 Å². The average Bonchev–Trinajstić information content (AvgIpc) is 2.87. The lowest BCUT2D eigenvalue weighted by atomic mass is 10.1. The van der Waals surface area contributed by atoms with Crippen molar-refractivity contribution in [3.63, 3.8) is 0 Å². The third kappa shape index (κ3) is 8.01. The SMILES string of the molecule is COc1cc(C=CC(=O)O)cc(OC)c1OCC=CCOc1c(OC)cc(C=CC(=O)O)cc1OC. The number of carboxylic acid groups (broad SMARTS) is 2. The molecule has 2 N–H and O–H groups in total. The fourth-order valence-electron chi connectivity index (χ4n) is 3.01. The molecule has 0 spiro atoms. The molecular weight excluding hydrogens is 472 g/mol. The molecule has 0 heterocycles. The van der Waals surface area contributed by atoms with Crippen LogP contribution in [0.25, 0.3) is 12.2 Å². The average molecular weight is 501 g/mol. The van der Waals surface area contributed by atoms with Crippen molar-refractivity contribution in [2.45, 2.75) is 0 Å². The van der Waals surface area contributed by atoms with Crippen molar-refractivity contribution in [3.8, 4) is 34.5 Å². The first-order valence-electron chi connectivity index (χ1n) is 10.6. The minimum atomic E-state index is -1.07. The maximum Gasteiger partial charge on any atom is 0.328 e. The zero-order valence-corrected chi connectivity index (χ0v) is 20.3. The summed E-state index contributed by atoms with van der Waals surface area (Å²) in [6.07, 6.45) is 8.35. The van der Waals surface area contributed by atoms with Gasteiger partial charge in [-0.1, -0.05) is 0 Å². The van der Waals surface area contributed by atoms with Crippen LogP contribution in [0.4, 0.5) is 0 Å². The summed E-state index contributed by atoms with van der Waals surface area (Å²) >= 11 is 0. The molecule has 2 aromatic carbocycles. The van der Waals surface area contributed by atoms with Crippen molar-refractivity contribution < 1.29 is 48.2 Å². The highest BCUT2D eigenvalue weighted by molar-refractivity contribution is 5.86. The van der Waals surface area contributed by atoms with Gasteiger partial charge in [-0.2, -0.15) is 0 Å². The molecule has 0 aliphatic carbocycles. The molecule has 0 unspecified atom stereocenters. The molecular formula is C26H28O10. The van der Waals surface area contributed by atoms with Gasteiger partial charge >= 0.3 is 11.9 Å². The van der Waals surface area contributed by atoms with Crippen LogP contribution in [-0.2, 0) is 9.59 Å². The topological polar surface area (TPSA) is 130 Å². The van der Waals surface area contributed by atoms with Gasteiger partial charge in [0.15, 0.2) is 23.0 Å². The van der Waals surface area contributed by atoms with Crippen LogP contribution in [0.1, 0.15) is 11.1 Å². The smallest absolute Gasteiger partial charge is 0.328 e. The zero-order chi connectivity index (χ0) is 26.5. The Kier molecular flexibility index (Phi) is 10.7. The number of benzene rings is 2. The number of carbonyl (C=O) groups is 2. The van der Waals surface area contributed by atoms with Crippen molar-refractivity contribution in [2.24, 2.45) is 0 Å². The van der Waals surface area contributed by atoms with Crippen molar-refractivity contribution in [1.82, 2.24) is 0 Å². The van der Waals surface area contributed by atoms with E-state index in [0.29, 0.717) is 45.6 Å². The van der Waals surface area contributed by atoms with Gasteiger partial charge in [-0.05, 0) is 59.7 Å². The van der Waals surface area contributed by atoms with Crippen molar-refractivity contribution in [2.75, 3.05) is 41.7 Å². The Morgan fingerprint density at radius 3 is 1.19 bits per heavy atom. The first-order valence-corrected chi connectivity index (χ1v) is 10.6. The molecule has 0 aliphatic heterocycles. The van der Waals surface area contributed by atoms with Crippen LogP contribution >= 0.6 is 0 Å². The number of aliphatic carboxylic acids is 2. The van der Waals surface area contributed by atoms with Gasteiger partial charge in [0.05, 0.1) is 28.4 Å². The molecule has 36 heavy (non-hydrogen) atoms. The van der Waals surface area contributed by atoms with Gasteiger partial charge in [0.25, 0.3) is 0 Å². The van der Waals surface area contributed by atoms with E-state index >= 15 is 0 Å². The first kappa shape index (κ1) is 27.6. The van der Waals surface area contributed by atoms with Crippen molar-refractivity contribution >= 4 is 24.1 Å². The monoisotopic (exact) mass is 500 g/mol. The lowest BCUT2D eigenvalue weighted by Gasteiger charge is -2.15. The molecule has 0 aromatic heterocycles. The number of hydrogen-bond acceptors (Lipinski definition) is 8. The maximum absolute atomic E-state index is 10.8. The zero-order valence-electron chi connectivity index (χ0n) is 20.3. The second-order valence-electron chi connectivity index (χ2n) is 6.95. The summed E-state index contributed by atoms with van der Waals surface area (Å²) < 4.78 is 33.0. The molecule has 2 aromatic rings. The largest absolute Gasteiger partial charge is 0.493 e. The molecule has 192 valence electrons. The second kappa shape index (κ2) is 14.0. The number of carboxylic acids is 2. The Bertz CT molecular complexity index is 1010. The number of rotatable bonds is 14. The quantitative estimate of drug-likeness (QED) is 0.291. The minimum absolute atomic E-state index is 0.174. The molecule has 2 rings (SSSR count). The van der Waals surface area contributed by atoms with E-state index in [1.54, 1.807) is 36.4 Å². The van der Waals surface area contributed by atoms with Gasteiger partial charge in [-0.3, -0.25) is 0 Å². The molecule has 0 atom stereocenters. The number of ether oxygens (including phenoxy) is 6. The molecule has 0 aliphatic rings. The van der Waals surface area contributed by atoms with E-state index in [9.17, 15) is 9.59 Å². The van der Waals surface area contributed by atoms with E-state index in [4.69, 9.17) is 38.6 Å². The standard InChI is InChI=1S/C26H28O10/c1-31-19-13-17(7-9-23(27)28)14-20(32-2)25(19)35-11-5-6-12-36-26-21(33-3)15-18(8-10-24(29)30)16-22(26)34-4/h5-10,13-16H,11-12H2,1-4H3,(H,27,28)(H,29,30). The normalized spacial score (nSPS) is 11.1. The molecule has 0 saturated carbocycles. The Balaban J connectivity index is 2.07. The number of methoxy groups -OCH3 is 4. The summed E-state index contributed by atoms with van der Waals surface area (Å²) in [4.78, 5) is 21.5. The summed E-state index contributed by atoms with van der Waals surface area (Å²) in [6, 6.07) is 6.55. The summed E-state index contributed by atoms with van der Waals surface area (Å²) in [7, 11) is 5.89. The fourth-order valence-corrected chi connectivity index (χ4v) is 3.01. The Hall–Kier alpha value is -4.60. The van der Waals surface area contributed by atoms with Crippen molar-refractivity contribution in [3.05, 3.63) is 59.7 Å². The summed E-state index contributed by atoms with van der Waals surface area (Å²) in [5.41, 5.74) is 1.16. The molecule has 0 radical (unpaired) electrons. The van der Waals surface area contributed by atoms with Gasteiger partial charge in [0.1, 0.15) is 13.2 Å². The number of hydrogen-bond donors (Lipinski definition) is 2. The van der Waals surface area contributed by atoms with E-state index in [1.807, 2.05) is 0 Å². The van der Waals surface area contributed by atoms with Crippen LogP contribution in [0.2, 0.25) is 0 Å². The predicted molar refractivity (Wildman–Crippen MR) is 133 cm³/mol. The Morgan fingerprint density at radius 2 is 0.944 bits per heavy atom. The molecule has 0 fully saturated rings. The minimum Gasteiger partial charge on any atom is -0.493 e. The van der Waals surface area contributed by atoms with Gasteiger partial charge in [0.2, 0.25) is 11.5 Å². The van der Waals surface area contributed by atoms with Crippen molar-refractivity contribution in [1.29, 1.82) is 0 Å². The lowest BCUT2D eigenvalue weighted by Crippen LogP contribution is -2.02. The van der Waals surface area contributed by atoms with Crippen LogP contribution in [0.15, 0.2) is 48.6 Å². The molecule has 10 heteroatoms. The highest BCUT2D eigenvalue weighted by Crippen LogP contribution is 2.40. The van der Waals surface area contributed by atoms with E-state index in [1.165, 1.54) is 40.6 Å². The van der Waals surface area contributed by atoms with E-state index in [2.05, 4.69) is 0 Å². The molecule has 10 nitrogen and oxygen atoms in total. The molecule has 0 amide bonds. The Morgan fingerprint density at radius 1 is 0.639 bits per heavy atom. The van der Waals surface area contributed by atoms with Crippen LogP contribution in [0.5, 0.6) is 34.5 Å². The third-order valence-electron chi connectivity index (χ3n) is 4.62. The van der Waals surface area contributed by atoms with Gasteiger partial charge < -0.3 is 38.6 Å². The highest BCUT2D eigenvalue weighted by Gasteiger charge is 2.14. The van der Waals surface area contributed by atoms with Gasteiger partial charge in [-0.25, -0.2) is 9.59 Å². The van der Waals surface area contributed by atoms with Crippen LogP contribution in [0, 0.1) is 0 Å². The van der Waals surface area contributed by atoms with E-state index < -0.39 is 11.9 Å². The highest BCUT2D eigenvalue weighted by atomic mass is 16.5. The third-order valence-corrected chi connectivity index (χ3v) is 4.62. The fraction of sp³-hybridized carbons (Fsp3) is 0.231. The summed E-state index contributed by atoms with van der Waals surface area (Å²) in [5, 5.41) is 17.6. The summed E-state index contributed by atoms with van der Waals surface area (Å²) in [6.45, 7) is 0.348. The predicted octanol–water partition coefficient (Wildman–Crippen LogP) is 3.93.